The van der Waals surface area contributed by atoms with Crippen molar-refractivity contribution in [3.8, 4) is 0 Å². The minimum atomic E-state index is -1.24. The van der Waals surface area contributed by atoms with E-state index < -0.39 is 81.2 Å². The number of rotatable bonds is 8. The van der Waals surface area contributed by atoms with E-state index in [9.17, 15) is 60.7 Å². The van der Waals surface area contributed by atoms with Gasteiger partial charge < -0.3 is 0 Å². The summed E-state index contributed by atoms with van der Waals surface area (Å²) < 4.78 is 0. The highest BCUT2D eigenvalue weighted by Gasteiger charge is 2.36. The van der Waals surface area contributed by atoms with E-state index in [1.165, 1.54) is 0 Å². The van der Waals surface area contributed by atoms with Crippen LogP contribution in [0, 0.1) is 60.7 Å². The lowest BCUT2D eigenvalue weighted by molar-refractivity contribution is -0.405. The smallest absolute Gasteiger partial charge is 0.258 e. The van der Waals surface area contributed by atoms with E-state index in [2.05, 4.69) is 0 Å². The molecule has 31 heavy (non-hydrogen) atoms. The van der Waals surface area contributed by atoms with Gasteiger partial charge in [0.15, 0.2) is 0 Å². The molecule has 0 aliphatic heterocycles. The van der Waals surface area contributed by atoms with Crippen LogP contribution in [0.2, 0.25) is 0 Å². The Balaban J connectivity index is 2.93. The summed E-state index contributed by atoms with van der Waals surface area (Å²) in [6.07, 6.45) is -1.16. The summed E-state index contributed by atoms with van der Waals surface area (Å²) >= 11 is 0. The minimum absolute atomic E-state index is 0.353. The van der Waals surface area contributed by atoms with Crippen molar-refractivity contribution >= 4 is 34.1 Å². The van der Waals surface area contributed by atoms with Gasteiger partial charge in [0.2, 0.25) is 0 Å². The minimum Gasteiger partial charge on any atom is -0.258 e. The first kappa shape index (κ1) is 22.1. The topological polar surface area (TPSA) is 259 Å². The molecule has 0 aromatic heterocycles. The number of nitro benzene ring substituents is 6. The molecule has 2 aromatic rings. The van der Waals surface area contributed by atoms with Crippen molar-refractivity contribution in [2.75, 3.05) is 0 Å². The molecule has 0 aliphatic rings. The number of non-ortho nitro benzene ring substituents is 2. The number of nitro groups is 6. The maximum absolute atomic E-state index is 11.3. The first-order chi connectivity index (χ1) is 14.3. The van der Waals surface area contributed by atoms with Gasteiger partial charge in [0.1, 0.15) is 11.1 Å². The van der Waals surface area contributed by atoms with Crippen LogP contribution in [0.3, 0.4) is 0 Å². The fourth-order valence-corrected chi connectivity index (χ4v) is 2.66. The Morgan fingerprint density at radius 3 is 0.839 bits per heavy atom. The highest BCUT2D eigenvalue weighted by molar-refractivity contribution is 5.67. The molecule has 18 heteroatoms. The Morgan fingerprint density at radius 2 is 0.677 bits per heavy atom. The molecule has 18 nitrogen and oxygen atoms in total. The highest BCUT2D eigenvalue weighted by Crippen LogP contribution is 2.40. The standard InChI is InChI=1S/C13H6N6O12/c20-14(21)6-1-10(16(24)25)8(11(2-6)17(26)27)5-9-12(18(28)29)3-7(15(22)23)4-13(9)19(30)31/h1-4H,5H2. The van der Waals surface area contributed by atoms with E-state index in [-0.39, 0.29) is 0 Å². The Hall–Kier alpha value is -5.16. The van der Waals surface area contributed by atoms with E-state index in [1.54, 1.807) is 0 Å². The monoisotopic (exact) mass is 438 g/mol. The third-order valence-corrected chi connectivity index (χ3v) is 3.94. The molecule has 0 radical (unpaired) electrons. The summed E-state index contributed by atoms with van der Waals surface area (Å²) in [4.78, 5) is 60.0. The van der Waals surface area contributed by atoms with Gasteiger partial charge in [-0.05, 0) is 0 Å². The van der Waals surface area contributed by atoms with Crippen LogP contribution < -0.4 is 0 Å². The lowest BCUT2D eigenvalue weighted by Crippen LogP contribution is -2.08. The van der Waals surface area contributed by atoms with Crippen molar-refractivity contribution in [2.24, 2.45) is 0 Å². The lowest BCUT2D eigenvalue weighted by atomic mass is 9.97. The van der Waals surface area contributed by atoms with Gasteiger partial charge in [-0.1, -0.05) is 0 Å². The molecule has 0 saturated heterocycles. The lowest BCUT2D eigenvalue weighted by Gasteiger charge is -2.07. The second-order valence-electron chi connectivity index (χ2n) is 5.64. The largest absolute Gasteiger partial charge is 0.286 e. The Labute approximate surface area is 167 Å². The zero-order valence-corrected chi connectivity index (χ0v) is 14.6. The van der Waals surface area contributed by atoms with E-state index in [0.717, 1.165) is 0 Å². The molecule has 0 heterocycles. The third kappa shape index (κ3) is 4.31. The maximum atomic E-state index is 11.3. The summed E-state index contributed by atoms with van der Waals surface area (Å²) in [5.41, 5.74) is -8.64. The molecule has 2 aromatic carbocycles. The number of nitrogens with zero attached hydrogens (tertiary/aromatic N) is 6. The van der Waals surface area contributed by atoms with Crippen LogP contribution in [0.15, 0.2) is 24.3 Å². The van der Waals surface area contributed by atoms with E-state index >= 15 is 0 Å². The van der Waals surface area contributed by atoms with Crippen LogP contribution in [0.25, 0.3) is 0 Å². The summed E-state index contributed by atoms with van der Waals surface area (Å²) in [6.45, 7) is 0. The first-order valence-electron chi connectivity index (χ1n) is 7.55. The van der Waals surface area contributed by atoms with E-state index in [0.29, 0.717) is 24.3 Å². The van der Waals surface area contributed by atoms with Crippen LogP contribution in [0.4, 0.5) is 34.1 Å². The second-order valence-corrected chi connectivity index (χ2v) is 5.64. The highest BCUT2D eigenvalue weighted by atomic mass is 16.6. The molecular formula is C13H6N6O12. The van der Waals surface area contributed by atoms with Crippen LogP contribution in [0.1, 0.15) is 11.1 Å². The van der Waals surface area contributed by atoms with Crippen molar-refractivity contribution < 1.29 is 29.5 Å². The fourth-order valence-electron chi connectivity index (χ4n) is 2.66. The van der Waals surface area contributed by atoms with Crippen molar-refractivity contribution in [1.82, 2.24) is 0 Å². The molecule has 0 N–H and O–H groups in total. The van der Waals surface area contributed by atoms with Crippen molar-refractivity contribution in [1.29, 1.82) is 0 Å². The molecule has 0 saturated carbocycles. The molecule has 0 fully saturated rings. The zero-order valence-electron chi connectivity index (χ0n) is 14.6. The van der Waals surface area contributed by atoms with Gasteiger partial charge in [-0.15, -0.1) is 0 Å². The third-order valence-electron chi connectivity index (χ3n) is 3.94. The van der Waals surface area contributed by atoms with Crippen LogP contribution >= 0.6 is 0 Å². The average molecular weight is 438 g/mol. The van der Waals surface area contributed by atoms with Gasteiger partial charge in [0.25, 0.3) is 34.1 Å². The van der Waals surface area contributed by atoms with E-state index in [4.69, 9.17) is 0 Å². The number of benzene rings is 2. The van der Waals surface area contributed by atoms with Gasteiger partial charge in [-0.3, -0.25) is 60.7 Å². The summed E-state index contributed by atoms with van der Waals surface area (Å²) in [5.74, 6) is 0. The Morgan fingerprint density at radius 1 is 0.452 bits per heavy atom. The van der Waals surface area contributed by atoms with Crippen LogP contribution in [0.5, 0.6) is 0 Å². The fraction of sp³-hybridized carbons (Fsp3) is 0.0769. The van der Waals surface area contributed by atoms with Crippen molar-refractivity contribution in [3.63, 3.8) is 0 Å². The second kappa shape index (κ2) is 8.06. The number of hydrogen-bond acceptors (Lipinski definition) is 12. The molecule has 0 atom stereocenters. The van der Waals surface area contributed by atoms with Crippen molar-refractivity contribution in [2.45, 2.75) is 6.42 Å². The maximum Gasteiger partial charge on any atom is 0.286 e. The summed E-state index contributed by atoms with van der Waals surface area (Å²) in [5, 5.41) is 67.2. The zero-order chi connectivity index (χ0) is 23.6. The molecule has 0 spiro atoms. The van der Waals surface area contributed by atoms with Gasteiger partial charge >= 0.3 is 0 Å². The van der Waals surface area contributed by atoms with Gasteiger partial charge in [-0.2, -0.15) is 0 Å². The van der Waals surface area contributed by atoms with Crippen molar-refractivity contribution in [3.05, 3.63) is 96.1 Å². The van der Waals surface area contributed by atoms with Crippen LogP contribution in [-0.4, -0.2) is 29.5 Å². The normalized spacial score (nSPS) is 10.3. The molecule has 0 amide bonds. The average Bonchev–Trinajstić information content (AvgIpc) is 2.66. The SMILES string of the molecule is O=[N+]([O-])c1cc([N+](=O)[O-])c(Cc2c([N+](=O)[O-])cc([N+](=O)[O-])cc2[N+](=O)[O-])c([N+](=O)[O-])c1. The molecule has 0 aliphatic carbocycles. The van der Waals surface area contributed by atoms with Gasteiger partial charge in [0.05, 0.1) is 53.8 Å². The van der Waals surface area contributed by atoms with Gasteiger partial charge in [-0.25, -0.2) is 0 Å². The Kier molecular flexibility index (Phi) is 5.76. The summed E-state index contributed by atoms with van der Waals surface area (Å²) in [6, 6.07) is 1.41. The number of hydrogen-bond donors (Lipinski definition) is 0. The van der Waals surface area contributed by atoms with E-state index in [1.807, 2.05) is 0 Å². The predicted molar refractivity (Wildman–Crippen MR) is 95.6 cm³/mol. The summed E-state index contributed by atoms with van der Waals surface area (Å²) in [7, 11) is 0. The Bertz CT molecular complexity index is 1030. The molecule has 160 valence electrons. The molecular weight excluding hydrogens is 432 g/mol. The molecule has 2 rings (SSSR count). The van der Waals surface area contributed by atoms with Crippen LogP contribution in [-0.2, 0) is 6.42 Å². The van der Waals surface area contributed by atoms with Gasteiger partial charge in [0, 0.05) is 6.42 Å². The quantitative estimate of drug-likeness (QED) is 0.425. The molecule has 0 bridgehead atoms. The first-order valence-corrected chi connectivity index (χ1v) is 7.55. The molecule has 0 unspecified atom stereocenters. The predicted octanol–water partition coefficient (Wildman–Crippen LogP) is 2.73.